The molecule has 2 aromatic carbocycles. The number of carbonyl (C=O) groups is 4. The Balaban J connectivity index is 0.00000456. The minimum Gasteiger partial charge on any atom is -1.00 e. The number of imidazole rings is 1. The van der Waals surface area contributed by atoms with Crippen LogP contribution in [0.2, 0.25) is 0 Å². The summed E-state index contributed by atoms with van der Waals surface area (Å²) in [7, 11) is 0. The van der Waals surface area contributed by atoms with E-state index in [1.165, 1.54) is 53.6 Å². The van der Waals surface area contributed by atoms with Crippen LogP contribution in [0.5, 0.6) is 0 Å². The molecule has 4 amide bonds. The molecule has 0 atom stereocenters. The van der Waals surface area contributed by atoms with Crippen LogP contribution in [0.3, 0.4) is 0 Å². The third kappa shape index (κ3) is 7.63. The zero-order chi connectivity index (χ0) is 25.5. The minimum absolute atomic E-state index is 0. The number of rotatable bonds is 8. The van der Waals surface area contributed by atoms with Crippen molar-refractivity contribution in [2.45, 2.75) is 26.9 Å². The molecule has 190 valence electrons. The first-order valence-corrected chi connectivity index (χ1v) is 10.5. The number of hydrogen-bond donors (Lipinski definition) is 4. The first-order valence-electron chi connectivity index (χ1n) is 10.5. The van der Waals surface area contributed by atoms with Gasteiger partial charge in [0.2, 0.25) is 18.1 Å². The van der Waals surface area contributed by atoms with Gasteiger partial charge in [-0.2, -0.15) is 10.1 Å². The van der Waals surface area contributed by atoms with Crippen LogP contribution >= 0.6 is 0 Å². The predicted octanol–water partition coefficient (Wildman–Crippen LogP) is -1.46. The molecule has 0 bridgehead atoms. The summed E-state index contributed by atoms with van der Waals surface area (Å²) in [5.41, 5.74) is 1.50. The number of nitrogens with zero attached hydrogens (tertiary/aromatic N) is 4. The van der Waals surface area contributed by atoms with Gasteiger partial charge in [-0.05, 0) is 48.5 Å². The van der Waals surface area contributed by atoms with Gasteiger partial charge in [0.25, 0.3) is 11.8 Å². The lowest BCUT2D eigenvalue weighted by Gasteiger charge is -2.14. The van der Waals surface area contributed by atoms with Crippen LogP contribution in [-0.4, -0.2) is 38.6 Å². The molecular weight excluding hydrogens is 492 g/mol. The van der Waals surface area contributed by atoms with Gasteiger partial charge in [-0.25, -0.2) is 9.13 Å². The van der Waals surface area contributed by atoms with E-state index >= 15 is 0 Å². The second-order valence-electron chi connectivity index (χ2n) is 7.63. The van der Waals surface area contributed by atoms with Crippen molar-refractivity contribution in [3.8, 4) is 0 Å². The third-order valence-corrected chi connectivity index (χ3v) is 4.72. The zero-order valence-electron chi connectivity index (χ0n) is 19.5. The third-order valence-electron chi connectivity index (χ3n) is 4.72. The molecular formula is C23H25ClN6O6. The molecule has 0 fully saturated rings. The number of halogens is 1. The van der Waals surface area contributed by atoms with E-state index in [9.17, 15) is 29.6 Å². The standard InChI is InChI=1S/C23H24N6O6.ClH/c1-16(30)24-18-3-7-20(8-4-18)28(34)22(32)13-26-11-12-27(15-26)14-23(33)29(35)21-9-5-19(6-10-21)25-17(2)31;/h3-12,15,34-35H,13-14H2,1-2H3,(H-,24,25,30,31);1H. The lowest BCUT2D eigenvalue weighted by molar-refractivity contribution is -0.683. The highest BCUT2D eigenvalue weighted by molar-refractivity contribution is 5.93. The summed E-state index contributed by atoms with van der Waals surface area (Å²) in [6.07, 6.45) is 4.57. The van der Waals surface area contributed by atoms with Gasteiger partial charge in [-0.1, -0.05) is 0 Å². The fourth-order valence-corrected chi connectivity index (χ4v) is 3.14. The van der Waals surface area contributed by atoms with Gasteiger partial charge in [-0.15, -0.1) is 0 Å². The normalized spacial score (nSPS) is 10.1. The molecule has 0 radical (unpaired) electrons. The molecule has 36 heavy (non-hydrogen) atoms. The Kier molecular flexibility index (Phi) is 9.67. The van der Waals surface area contributed by atoms with E-state index in [4.69, 9.17) is 0 Å². The molecule has 0 saturated heterocycles. The van der Waals surface area contributed by atoms with Crippen LogP contribution in [0.1, 0.15) is 13.8 Å². The Bertz CT molecular complexity index is 1130. The summed E-state index contributed by atoms with van der Waals surface area (Å²) in [6.45, 7) is 2.33. The number of hydrogen-bond acceptors (Lipinski definition) is 6. The van der Waals surface area contributed by atoms with Crippen molar-refractivity contribution < 1.29 is 46.6 Å². The SMILES string of the molecule is CC(=O)Nc1ccc(N(O)C(=O)Cn2cc[n+](CC(=O)N(O)c3ccc(NC(C)=O)cc3)c2)cc1.[Cl-]. The number of carbonyl (C=O) groups excluding carboxylic acids is 4. The molecule has 0 saturated carbocycles. The quantitative estimate of drug-likeness (QED) is 0.163. The molecule has 3 rings (SSSR count). The average molecular weight is 517 g/mol. The van der Waals surface area contributed by atoms with Crippen molar-refractivity contribution >= 4 is 46.4 Å². The topological polar surface area (TPSA) is 148 Å². The van der Waals surface area contributed by atoms with Crippen LogP contribution in [-0.2, 0) is 32.3 Å². The highest BCUT2D eigenvalue weighted by atomic mass is 35.5. The Morgan fingerprint density at radius 2 is 1.25 bits per heavy atom. The lowest BCUT2D eigenvalue weighted by atomic mass is 10.2. The molecule has 13 heteroatoms. The number of aromatic nitrogens is 2. The van der Waals surface area contributed by atoms with Crippen LogP contribution in [0.4, 0.5) is 22.7 Å². The summed E-state index contributed by atoms with van der Waals surface area (Å²) >= 11 is 0. The van der Waals surface area contributed by atoms with Gasteiger partial charge in [0.05, 0.1) is 11.4 Å². The zero-order valence-corrected chi connectivity index (χ0v) is 20.2. The monoisotopic (exact) mass is 516 g/mol. The Hall–Kier alpha value is -4.26. The van der Waals surface area contributed by atoms with Crippen molar-refractivity contribution in [3.05, 3.63) is 67.3 Å². The van der Waals surface area contributed by atoms with Gasteiger partial charge in [0.1, 0.15) is 12.4 Å². The number of anilines is 4. The molecule has 1 aromatic heterocycles. The van der Waals surface area contributed by atoms with Crippen molar-refractivity contribution in [2.24, 2.45) is 0 Å². The fraction of sp³-hybridized carbons (Fsp3) is 0.174. The first kappa shape index (κ1) is 28.0. The van der Waals surface area contributed by atoms with Gasteiger partial charge < -0.3 is 23.0 Å². The van der Waals surface area contributed by atoms with E-state index in [2.05, 4.69) is 10.6 Å². The van der Waals surface area contributed by atoms with Crippen molar-refractivity contribution in [1.29, 1.82) is 0 Å². The molecule has 0 unspecified atom stereocenters. The Morgan fingerprint density at radius 3 is 1.69 bits per heavy atom. The Labute approximate surface area is 212 Å². The summed E-state index contributed by atoms with van der Waals surface area (Å²) in [5.74, 6) is -1.74. The summed E-state index contributed by atoms with van der Waals surface area (Å²) < 4.78 is 2.93. The second-order valence-corrected chi connectivity index (χ2v) is 7.63. The molecule has 0 aliphatic heterocycles. The van der Waals surface area contributed by atoms with Crippen molar-refractivity contribution in [1.82, 2.24) is 4.57 Å². The summed E-state index contributed by atoms with van der Waals surface area (Å²) in [5, 5.41) is 26.6. The predicted molar refractivity (Wildman–Crippen MR) is 125 cm³/mol. The maximum Gasteiger partial charge on any atom is 0.292 e. The number of benzene rings is 2. The number of amides is 4. The largest absolute Gasteiger partial charge is 1.00 e. The van der Waals surface area contributed by atoms with E-state index < -0.39 is 11.8 Å². The van der Waals surface area contributed by atoms with Crippen LogP contribution < -0.4 is 37.7 Å². The van der Waals surface area contributed by atoms with E-state index in [-0.39, 0.29) is 48.7 Å². The van der Waals surface area contributed by atoms with Crippen LogP contribution in [0.15, 0.2) is 67.3 Å². The average Bonchev–Trinajstić information content (AvgIpc) is 3.24. The molecule has 0 spiro atoms. The van der Waals surface area contributed by atoms with Crippen LogP contribution in [0.25, 0.3) is 0 Å². The van der Waals surface area contributed by atoms with E-state index in [0.29, 0.717) is 21.5 Å². The molecule has 0 aliphatic rings. The number of nitrogens with one attached hydrogen (secondary N) is 2. The van der Waals surface area contributed by atoms with Crippen molar-refractivity contribution in [3.63, 3.8) is 0 Å². The van der Waals surface area contributed by atoms with E-state index in [1.54, 1.807) is 36.7 Å². The molecule has 1 heterocycles. The molecule has 12 nitrogen and oxygen atoms in total. The van der Waals surface area contributed by atoms with Gasteiger partial charge in [-0.3, -0.25) is 29.6 Å². The highest BCUT2D eigenvalue weighted by Crippen LogP contribution is 2.18. The highest BCUT2D eigenvalue weighted by Gasteiger charge is 2.20. The summed E-state index contributed by atoms with van der Waals surface area (Å²) in [4.78, 5) is 47.0. The van der Waals surface area contributed by atoms with Crippen molar-refractivity contribution in [2.75, 3.05) is 20.8 Å². The Morgan fingerprint density at radius 1 is 0.806 bits per heavy atom. The van der Waals surface area contributed by atoms with Gasteiger partial charge in [0, 0.05) is 25.2 Å². The van der Waals surface area contributed by atoms with E-state index in [0.717, 1.165) is 0 Å². The van der Waals surface area contributed by atoms with Gasteiger partial charge in [0.15, 0.2) is 13.1 Å². The van der Waals surface area contributed by atoms with Crippen LogP contribution in [0, 0.1) is 0 Å². The van der Waals surface area contributed by atoms with Gasteiger partial charge >= 0.3 is 0 Å². The maximum absolute atomic E-state index is 12.4. The minimum atomic E-state index is -0.630. The number of hydroxylamine groups is 2. The molecule has 3 aromatic rings. The summed E-state index contributed by atoms with van der Waals surface area (Å²) in [6, 6.07) is 12.1. The maximum atomic E-state index is 12.4. The smallest absolute Gasteiger partial charge is 0.292 e. The first-order chi connectivity index (χ1) is 16.6. The van der Waals surface area contributed by atoms with E-state index in [1.807, 2.05) is 0 Å². The lowest BCUT2D eigenvalue weighted by Crippen LogP contribution is -3.00. The molecule has 4 N–H and O–H groups in total. The fourth-order valence-electron chi connectivity index (χ4n) is 3.14. The second kappa shape index (κ2) is 12.4. The molecule has 0 aliphatic carbocycles.